The lowest BCUT2D eigenvalue weighted by Crippen LogP contribution is -2.38. The molecule has 0 saturated carbocycles. The van der Waals surface area contributed by atoms with E-state index in [1.54, 1.807) is 18.5 Å². The maximum Gasteiger partial charge on any atom is 0.0848 e. The van der Waals surface area contributed by atoms with E-state index in [0.29, 0.717) is 5.69 Å². The van der Waals surface area contributed by atoms with Crippen molar-refractivity contribution in [3.8, 4) is 0 Å². The molecule has 1 aliphatic rings. The Morgan fingerprint density at radius 1 is 1.60 bits per heavy atom. The number of anilines is 1. The van der Waals surface area contributed by atoms with E-state index in [4.69, 9.17) is 16.2 Å². The van der Waals surface area contributed by atoms with Gasteiger partial charge in [0.05, 0.1) is 11.6 Å². The van der Waals surface area contributed by atoms with Crippen LogP contribution in [0.1, 0.15) is 31.4 Å². The Bertz CT molecular complexity index is 347. The lowest BCUT2D eigenvalue weighted by molar-refractivity contribution is -0.00164. The van der Waals surface area contributed by atoms with Crippen LogP contribution in [0.4, 0.5) is 5.69 Å². The Kier molecular flexibility index (Phi) is 2.63. The highest BCUT2D eigenvalue weighted by atomic mass is 16.5. The van der Waals surface area contributed by atoms with Gasteiger partial charge in [-0.25, -0.2) is 0 Å². The smallest absolute Gasteiger partial charge is 0.0848 e. The van der Waals surface area contributed by atoms with Crippen LogP contribution < -0.4 is 11.5 Å². The summed E-state index contributed by atoms with van der Waals surface area (Å²) in [7, 11) is 0. The van der Waals surface area contributed by atoms with Gasteiger partial charge in [0.25, 0.3) is 0 Å². The number of pyridine rings is 1. The highest BCUT2D eigenvalue weighted by molar-refractivity contribution is 5.47. The van der Waals surface area contributed by atoms with Gasteiger partial charge >= 0.3 is 0 Å². The molecule has 0 spiro atoms. The number of hydrogen-bond donors (Lipinski definition) is 2. The van der Waals surface area contributed by atoms with Crippen LogP contribution in [-0.4, -0.2) is 17.2 Å². The second kappa shape index (κ2) is 3.79. The minimum Gasteiger partial charge on any atom is -0.398 e. The molecule has 2 unspecified atom stereocenters. The summed E-state index contributed by atoms with van der Waals surface area (Å²) in [5, 5.41) is 0. The number of nitrogens with zero attached hydrogens (tertiary/aromatic N) is 1. The number of aromatic nitrogens is 1. The van der Waals surface area contributed by atoms with Crippen molar-refractivity contribution in [3.05, 3.63) is 24.0 Å². The van der Waals surface area contributed by atoms with Gasteiger partial charge in [-0.3, -0.25) is 4.98 Å². The van der Waals surface area contributed by atoms with Crippen molar-refractivity contribution < 1.29 is 4.74 Å². The van der Waals surface area contributed by atoms with Crippen molar-refractivity contribution in [2.75, 3.05) is 12.3 Å². The van der Waals surface area contributed by atoms with Crippen molar-refractivity contribution >= 4 is 5.69 Å². The van der Waals surface area contributed by atoms with Crippen LogP contribution in [0.25, 0.3) is 0 Å². The average molecular weight is 207 g/mol. The van der Waals surface area contributed by atoms with E-state index in [9.17, 15) is 0 Å². The van der Waals surface area contributed by atoms with Gasteiger partial charge in [-0.15, -0.1) is 0 Å². The van der Waals surface area contributed by atoms with E-state index in [-0.39, 0.29) is 11.6 Å². The topological polar surface area (TPSA) is 74.2 Å². The Balaban J connectivity index is 2.27. The van der Waals surface area contributed by atoms with Gasteiger partial charge in [-0.05, 0) is 25.8 Å². The molecule has 2 heterocycles. The molecule has 1 aliphatic heterocycles. The quantitative estimate of drug-likeness (QED) is 0.765. The first-order valence-electron chi connectivity index (χ1n) is 5.22. The van der Waals surface area contributed by atoms with Gasteiger partial charge in [-0.1, -0.05) is 0 Å². The fraction of sp³-hybridized carbons (Fsp3) is 0.545. The van der Waals surface area contributed by atoms with Gasteiger partial charge < -0.3 is 16.2 Å². The van der Waals surface area contributed by atoms with Crippen LogP contribution in [0.3, 0.4) is 0 Å². The second-order valence-corrected chi connectivity index (χ2v) is 4.25. The van der Waals surface area contributed by atoms with Crippen LogP contribution in [0.5, 0.6) is 0 Å². The third kappa shape index (κ3) is 1.82. The normalized spacial score (nSPS) is 27.9. The van der Waals surface area contributed by atoms with Crippen molar-refractivity contribution in [1.29, 1.82) is 0 Å². The Morgan fingerprint density at radius 2 is 2.40 bits per heavy atom. The number of ether oxygens (including phenoxy) is 1. The van der Waals surface area contributed by atoms with E-state index >= 15 is 0 Å². The van der Waals surface area contributed by atoms with Gasteiger partial charge in [0.15, 0.2) is 0 Å². The molecule has 82 valence electrons. The zero-order chi connectivity index (χ0) is 10.9. The summed E-state index contributed by atoms with van der Waals surface area (Å²) in [5.41, 5.74) is 13.3. The molecule has 0 aliphatic carbocycles. The Hall–Kier alpha value is -1.13. The zero-order valence-electron chi connectivity index (χ0n) is 8.94. The lowest BCUT2D eigenvalue weighted by Gasteiger charge is -2.31. The summed E-state index contributed by atoms with van der Waals surface area (Å²) in [6.07, 6.45) is 5.43. The molecule has 0 radical (unpaired) electrons. The van der Waals surface area contributed by atoms with Crippen LogP contribution in [-0.2, 0) is 4.74 Å². The Labute approximate surface area is 89.6 Å². The van der Waals surface area contributed by atoms with Gasteiger partial charge in [0.2, 0.25) is 0 Å². The minimum atomic E-state index is -0.294. The zero-order valence-corrected chi connectivity index (χ0v) is 8.94. The van der Waals surface area contributed by atoms with Crippen molar-refractivity contribution in [1.82, 2.24) is 4.98 Å². The van der Waals surface area contributed by atoms with E-state index in [1.807, 2.05) is 6.92 Å². The van der Waals surface area contributed by atoms with Crippen LogP contribution in [0, 0.1) is 0 Å². The fourth-order valence-electron chi connectivity index (χ4n) is 2.05. The largest absolute Gasteiger partial charge is 0.398 e. The average Bonchev–Trinajstić information content (AvgIpc) is 2.66. The standard InChI is InChI=1S/C11H17N3O/c1-11(4-2-6-15-11)10(13)8-7-14-5-3-9(8)12/h3,5,7,10H,2,4,6,13H2,1H3,(H2,12,14). The first-order valence-corrected chi connectivity index (χ1v) is 5.22. The number of rotatable bonds is 2. The van der Waals surface area contributed by atoms with Gasteiger partial charge in [-0.2, -0.15) is 0 Å². The molecule has 0 amide bonds. The minimum absolute atomic E-state index is 0.200. The molecule has 1 aromatic heterocycles. The molecule has 4 nitrogen and oxygen atoms in total. The molecule has 2 rings (SSSR count). The monoisotopic (exact) mass is 207 g/mol. The summed E-state index contributed by atoms with van der Waals surface area (Å²) in [6, 6.07) is 1.57. The number of hydrogen-bond acceptors (Lipinski definition) is 4. The predicted octanol–water partition coefficient (Wildman–Crippen LogP) is 1.23. The second-order valence-electron chi connectivity index (χ2n) is 4.25. The summed E-state index contributed by atoms with van der Waals surface area (Å²) < 4.78 is 5.70. The van der Waals surface area contributed by atoms with Gasteiger partial charge in [0.1, 0.15) is 0 Å². The van der Waals surface area contributed by atoms with E-state index in [1.165, 1.54) is 0 Å². The SMILES string of the molecule is CC1(C(N)c2cnccc2N)CCCO1. The molecule has 4 N–H and O–H groups in total. The lowest BCUT2D eigenvalue weighted by atomic mass is 9.88. The fourth-order valence-corrected chi connectivity index (χ4v) is 2.05. The van der Waals surface area contributed by atoms with Crippen LogP contribution in [0.15, 0.2) is 18.5 Å². The predicted molar refractivity (Wildman–Crippen MR) is 59.2 cm³/mol. The third-order valence-electron chi connectivity index (χ3n) is 3.13. The molecule has 1 saturated heterocycles. The highest BCUT2D eigenvalue weighted by Crippen LogP contribution is 2.37. The van der Waals surface area contributed by atoms with E-state index in [2.05, 4.69) is 4.98 Å². The molecule has 2 atom stereocenters. The van der Waals surface area contributed by atoms with E-state index < -0.39 is 0 Å². The van der Waals surface area contributed by atoms with Crippen molar-refractivity contribution in [2.45, 2.75) is 31.4 Å². The summed E-state index contributed by atoms with van der Waals surface area (Å²) >= 11 is 0. The molecule has 15 heavy (non-hydrogen) atoms. The van der Waals surface area contributed by atoms with Crippen molar-refractivity contribution in [3.63, 3.8) is 0 Å². The number of nitrogens with two attached hydrogens (primary N) is 2. The van der Waals surface area contributed by atoms with Crippen molar-refractivity contribution in [2.24, 2.45) is 5.73 Å². The molecule has 1 aromatic rings. The van der Waals surface area contributed by atoms with Gasteiger partial charge in [0, 0.05) is 30.3 Å². The maximum absolute atomic E-state index is 6.19. The number of nitrogen functional groups attached to an aromatic ring is 1. The summed E-state index contributed by atoms with van der Waals surface area (Å²) in [6.45, 7) is 2.82. The first kappa shape index (κ1) is 10.4. The molecular formula is C11H17N3O. The maximum atomic E-state index is 6.19. The summed E-state index contributed by atoms with van der Waals surface area (Å²) in [5.74, 6) is 0. The van der Waals surface area contributed by atoms with E-state index in [0.717, 1.165) is 25.0 Å². The molecule has 0 aromatic carbocycles. The Morgan fingerprint density at radius 3 is 3.00 bits per heavy atom. The third-order valence-corrected chi connectivity index (χ3v) is 3.13. The van der Waals surface area contributed by atoms with Crippen LogP contribution in [0.2, 0.25) is 0 Å². The molecule has 0 bridgehead atoms. The first-order chi connectivity index (χ1) is 7.13. The summed E-state index contributed by atoms with van der Waals surface area (Å²) in [4.78, 5) is 4.05. The highest BCUT2D eigenvalue weighted by Gasteiger charge is 2.37. The molecule has 1 fully saturated rings. The molecular weight excluding hydrogens is 190 g/mol. The molecule has 4 heteroatoms. The van der Waals surface area contributed by atoms with Crippen LogP contribution >= 0.6 is 0 Å².